The van der Waals surface area contributed by atoms with Crippen LogP contribution in [-0.4, -0.2) is 198 Å². The molecule has 11 rings (SSSR count). The number of likely N-dealkylation sites (tertiary alicyclic amines) is 1. The van der Waals surface area contributed by atoms with E-state index in [-0.39, 0.29) is 189 Å². The van der Waals surface area contributed by atoms with Crippen LogP contribution in [0.4, 0.5) is 20.2 Å². The SMILES string of the molecule is Cc1ccc2c(c1)C(C)(C)C(/C=C/C1=C(Oc3ccc(CCC(=O)NCCN4C(=O)CC(SCC(CC(=O)C(N)CCC(=O)CCC(NC(=O)CCC(CC(=O)CCc5cccc(-c6c(C)n(Cc7c(F)cccc7F)c(=O)n(C[C@H](N)c7ccccc7)c6=O)c5)C(=O)O)C(=O)O)C(=O)O)C4=O)cc3)C(=C/C=C3/N(CCCCS(=O)(=O)[O-])c4cc[c-]cc4C3(C)C)/CCC1)=[N+]2CCCCS(=O)(=O)[O-].O=S(=O)=O.[Na+].[Na+].[Na+]. The molecule has 4 heterocycles. The number of nitrogens with one attached hydrogen (secondary N) is 2. The number of Topliss-reactive ketones (excluding diaryl/α,β-unsaturated/α-hetero) is 3. The van der Waals surface area contributed by atoms with Crippen molar-refractivity contribution in [3.05, 3.63) is 264 Å². The van der Waals surface area contributed by atoms with Gasteiger partial charge in [-0.05, 0) is 180 Å². The summed E-state index contributed by atoms with van der Waals surface area (Å²) in [5.41, 5.74) is 20.8. The zero-order valence-electron chi connectivity index (χ0n) is 82.6. The number of hydrogen-bond donors (Lipinski definition) is 7. The van der Waals surface area contributed by atoms with Crippen molar-refractivity contribution in [3.63, 3.8) is 0 Å². The van der Waals surface area contributed by atoms with E-state index in [1.165, 1.54) is 13.0 Å². The number of aryl methyl sites for hydroxylation is 3. The Morgan fingerprint density at radius 1 is 0.669 bits per heavy atom. The summed E-state index contributed by atoms with van der Waals surface area (Å²) in [4.78, 5) is 162. The number of carboxylic acids is 3. The molecule has 0 spiro atoms. The summed E-state index contributed by atoms with van der Waals surface area (Å²) in [6.45, 7) is 11.8. The standard InChI is InChI=1S/C102H119F2N9O22S3.3Na.O3S/c1-63-29-44-85-78(55-63)102(5,6)89(110(85)51-13-15-54-138(132,133)134)46-35-69-23-17-22-68(34-45-88-101(3,4)77-25-10-11-28-84(77)109(88)50-12-14-53-137(129,130)131)94(69)135-75-40-31-65(32-41-75)33-47-90(117)107-49-52-111-92(119)59-87(95(111)120)136-62-72(98(124)125)58-86(116)81(105)42-38-73(114)39-43-83(99(126)127)108-91(118)48-36-71(97(122)123)57-74(115)37-30-66-19-16-24-70(56-66)93-64(2)112(60-76-79(103)26-18-27-80(76)104)100(128)113(96(93)121)61-82(106)67-20-8-7-9-21-67;;;;1-4(2)3/h7-9,11,16,18-21,24-29,31-32,34-35,40-41,44-46,55-56,71-72,81-83,87H,12-15,17,22-23,30,33,36-39,42-43,47-54,57-62,105-106H2,1-6H3,(H,107,117)(H,108,118)(H,122,123)(H,124,125)(H,126,127)(H,129,130,131)(H,132,133,134);;;;/q;3*+1;/p-2/t71?,72?,81?,82-,83?,87?;;;;/m0..../s1. The van der Waals surface area contributed by atoms with Gasteiger partial charge in [-0.25, -0.2) is 35.2 Å². The van der Waals surface area contributed by atoms with Gasteiger partial charge in [0.15, 0.2) is 5.71 Å². The van der Waals surface area contributed by atoms with Crippen LogP contribution in [0.25, 0.3) is 11.1 Å². The fourth-order valence-corrected chi connectivity index (χ4v) is 20.3. The Bertz CT molecular complexity index is 6590. The summed E-state index contributed by atoms with van der Waals surface area (Å²) in [5, 5.41) is 34.3. The molecule has 0 bridgehead atoms. The average Bonchev–Trinajstić information content (AvgIpc) is 1.60. The van der Waals surface area contributed by atoms with E-state index in [2.05, 4.69) is 90.3 Å². The van der Waals surface area contributed by atoms with E-state index in [4.69, 9.17) is 28.8 Å². The number of unbranched alkanes of at least 4 members (excludes halogenated alkanes) is 2. The third kappa shape index (κ3) is 34.7. The Labute approximate surface area is 912 Å². The van der Waals surface area contributed by atoms with Crippen molar-refractivity contribution in [2.75, 3.05) is 48.3 Å². The number of aliphatic carboxylic acids is 3. The number of hydrogen-bond acceptors (Lipinski definition) is 26. The second-order valence-corrected chi connectivity index (χ2v) is 41.4. The number of ketones is 3. The number of ether oxygens (including phenoxy) is 1. The molecule has 9 N–H and O–H groups in total. The van der Waals surface area contributed by atoms with Gasteiger partial charge < -0.3 is 56.2 Å². The molecule has 1 aliphatic carbocycles. The molecule has 34 nitrogen and oxygen atoms in total. The van der Waals surface area contributed by atoms with Crippen molar-refractivity contribution in [3.8, 4) is 16.9 Å². The number of fused-ring (bicyclic) bond motifs is 2. The molecule has 145 heavy (non-hydrogen) atoms. The number of aromatic nitrogens is 2. The Kier molecular flexibility index (Phi) is 47.3. The van der Waals surface area contributed by atoms with Gasteiger partial charge >= 0.3 is 123 Å². The summed E-state index contributed by atoms with van der Waals surface area (Å²) < 4.78 is 136. The van der Waals surface area contributed by atoms with Crippen LogP contribution < -0.4 is 132 Å². The molecule has 1 fully saturated rings. The minimum absolute atomic E-state index is 0. The Hall–Kier alpha value is -9.70. The fraction of sp³-hybridized carbons (Fsp3) is 0.422. The molecule has 1 saturated heterocycles. The molecule has 1 aromatic heterocycles. The van der Waals surface area contributed by atoms with Gasteiger partial charge in [-0.1, -0.05) is 110 Å². The van der Waals surface area contributed by atoms with Gasteiger partial charge in [0.25, 0.3) is 5.56 Å². The molecule has 5 unspecified atom stereocenters. The molecule has 0 saturated carbocycles. The van der Waals surface area contributed by atoms with Crippen molar-refractivity contribution < 1.29 is 209 Å². The number of nitrogens with two attached hydrogens (primary N) is 2. The van der Waals surface area contributed by atoms with E-state index in [9.17, 15) is 98.8 Å². The molecule has 43 heteroatoms. The zero-order chi connectivity index (χ0) is 104. The molecule has 3 aliphatic heterocycles. The van der Waals surface area contributed by atoms with Crippen LogP contribution in [0.15, 0.2) is 190 Å². The number of carbonyl (C=O) groups excluding carboxylic acids is 7. The number of rotatable bonds is 51. The van der Waals surface area contributed by atoms with Crippen molar-refractivity contribution in [2.24, 2.45) is 23.3 Å². The molecule has 7 aromatic rings. The number of halogens is 2. The van der Waals surface area contributed by atoms with Crippen LogP contribution in [0.3, 0.4) is 0 Å². The molecule has 6 aromatic carbocycles. The number of carboxylic acid groups (broad SMARTS) is 3. The molecule has 4 aliphatic rings. The number of carbonyl (C=O) groups is 10. The van der Waals surface area contributed by atoms with E-state index in [0.29, 0.717) is 73.4 Å². The monoisotopic (exact) mass is 2100 g/mol. The van der Waals surface area contributed by atoms with Gasteiger partial charge in [-0.2, -0.15) is 22.8 Å². The van der Waals surface area contributed by atoms with Gasteiger partial charge in [0.2, 0.25) is 29.3 Å². The van der Waals surface area contributed by atoms with Gasteiger partial charge in [0.1, 0.15) is 53.1 Å². The number of benzene rings is 6. The molecular weight excluding hydrogens is 1990 g/mol. The molecule has 0 radical (unpaired) electrons. The number of amides is 4. The number of imide groups is 1. The number of allylic oxidation sites excluding steroid dienone is 7. The summed E-state index contributed by atoms with van der Waals surface area (Å²) in [6.07, 6.45) is 8.03. The van der Waals surface area contributed by atoms with Crippen LogP contribution >= 0.6 is 11.8 Å². The summed E-state index contributed by atoms with van der Waals surface area (Å²) in [5.74, 6) is -13.2. The van der Waals surface area contributed by atoms with Crippen molar-refractivity contribution in [1.82, 2.24) is 24.7 Å². The van der Waals surface area contributed by atoms with Crippen LogP contribution in [-0.2, 0) is 116 Å². The first-order valence-corrected chi connectivity index (χ1v) is 51.8. The van der Waals surface area contributed by atoms with Crippen LogP contribution in [0.2, 0.25) is 0 Å². The maximum absolute atomic E-state index is 15.1. The summed E-state index contributed by atoms with van der Waals surface area (Å²) in [6, 6.07) is 37.1. The van der Waals surface area contributed by atoms with Gasteiger partial charge in [0.05, 0.1) is 67.4 Å². The minimum Gasteiger partial charge on any atom is -0.748 e. The second-order valence-electron chi connectivity index (χ2n) is 36.7. The van der Waals surface area contributed by atoms with Crippen molar-refractivity contribution in [1.29, 1.82) is 0 Å². The summed E-state index contributed by atoms with van der Waals surface area (Å²) in [7, 11) is -11.9. The first-order chi connectivity index (χ1) is 67.1. The largest absolute Gasteiger partial charge is 1.00 e. The van der Waals surface area contributed by atoms with Crippen LogP contribution in [0, 0.1) is 43.4 Å². The zero-order valence-corrected chi connectivity index (χ0v) is 91.9. The number of thioether (sulfide) groups is 1. The molecule has 6 atom stereocenters. The summed E-state index contributed by atoms with van der Waals surface area (Å²) >= 11 is 0.868. The van der Waals surface area contributed by atoms with Crippen molar-refractivity contribution in [2.45, 2.75) is 217 Å². The van der Waals surface area contributed by atoms with Gasteiger partial charge in [-0.3, -0.25) is 62.0 Å². The fourth-order valence-electron chi connectivity index (χ4n) is 17.9. The van der Waals surface area contributed by atoms with E-state index in [0.717, 1.165) is 101 Å². The normalized spacial score (nSPS) is 16.3. The van der Waals surface area contributed by atoms with Crippen molar-refractivity contribution >= 4 is 119 Å². The Morgan fingerprint density at radius 3 is 1.97 bits per heavy atom. The topological polar surface area (TPSA) is 536 Å². The average molecular weight is 2100 g/mol. The molecule has 4 amide bonds. The number of nitrogens with zero attached hydrogens (tertiary/aromatic N) is 5. The van der Waals surface area contributed by atoms with Crippen LogP contribution in [0.5, 0.6) is 5.75 Å². The first kappa shape index (κ1) is 122. The molecular formula is C102H117F2N9Na3O25S4+. The van der Waals surface area contributed by atoms with Gasteiger partial charge in [0, 0.05) is 135 Å². The van der Waals surface area contributed by atoms with E-state index < -0.39 is 208 Å². The maximum Gasteiger partial charge on any atom is 1.00 e. The predicted octanol–water partition coefficient (Wildman–Crippen LogP) is 1.51. The van der Waals surface area contributed by atoms with Gasteiger partial charge in [-0.15, -0.1) is 36.0 Å². The third-order valence-electron chi connectivity index (χ3n) is 25.8. The molecule has 760 valence electrons. The van der Waals surface area contributed by atoms with E-state index in [1.54, 1.807) is 54.6 Å². The smallest absolute Gasteiger partial charge is 0.748 e. The Morgan fingerprint density at radius 2 is 1.32 bits per heavy atom. The quantitative estimate of drug-likeness (QED) is 0.00709. The number of anilines is 1. The third-order valence-corrected chi connectivity index (χ3v) is 28.7. The van der Waals surface area contributed by atoms with Crippen LogP contribution in [0.1, 0.15) is 194 Å². The Balaban J connectivity index is 0.00000399. The predicted molar refractivity (Wildman–Crippen MR) is 523 cm³/mol. The maximum atomic E-state index is 15.1. The minimum atomic E-state index is -4.41. The first-order valence-electron chi connectivity index (χ1n) is 46.6. The van der Waals surface area contributed by atoms with E-state index in [1.807, 2.05) is 55.5 Å². The second kappa shape index (κ2) is 56.1. The van der Waals surface area contributed by atoms with E-state index >= 15 is 8.78 Å².